The fraction of sp³-hybridized carbons (Fsp3) is 0.889. The van der Waals surface area contributed by atoms with Crippen molar-refractivity contribution in [1.82, 2.24) is 5.32 Å². The van der Waals surface area contributed by atoms with E-state index in [1.165, 1.54) is 12.7 Å². The van der Waals surface area contributed by atoms with E-state index >= 15 is 0 Å². The van der Waals surface area contributed by atoms with Crippen LogP contribution in [0.2, 0.25) is 0 Å². The first-order valence-electron chi connectivity index (χ1n) is 5.03. The second kappa shape index (κ2) is 5.34. The molecule has 0 bridgehead atoms. The molecule has 1 N–H and O–H groups in total. The number of nitrogens with one attached hydrogen (secondary N) is 1. The Bertz CT molecular complexity index is 296. The lowest BCUT2D eigenvalue weighted by Crippen LogP contribution is -2.28. The summed E-state index contributed by atoms with van der Waals surface area (Å²) >= 11 is 0. The van der Waals surface area contributed by atoms with E-state index < -0.39 is 9.84 Å². The summed E-state index contributed by atoms with van der Waals surface area (Å²) in [7, 11) is -2.85. The molecule has 0 spiro atoms. The maximum atomic E-state index is 10.9. The van der Waals surface area contributed by atoms with Crippen LogP contribution in [0.15, 0.2) is 4.99 Å². The number of nitrogens with zero attached hydrogens (tertiary/aromatic N) is 1. The van der Waals surface area contributed by atoms with Gasteiger partial charge >= 0.3 is 0 Å². The van der Waals surface area contributed by atoms with Crippen LogP contribution >= 0.6 is 0 Å². The van der Waals surface area contributed by atoms with Crippen molar-refractivity contribution in [2.75, 3.05) is 25.1 Å². The quantitative estimate of drug-likeness (QED) is 0.754. The molecule has 4 nitrogen and oxygen atoms in total. The van der Waals surface area contributed by atoms with Crippen LogP contribution < -0.4 is 5.32 Å². The first kappa shape index (κ1) is 11.5. The number of amidine groups is 1. The molecule has 0 radical (unpaired) electrons. The highest BCUT2D eigenvalue weighted by molar-refractivity contribution is 7.90. The third kappa shape index (κ3) is 5.21. The minimum absolute atomic E-state index is 0.187. The number of sulfone groups is 1. The maximum Gasteiger partial charge on any atom is 0.149 e. The van der Waals surface area contributed by atoms with Crippen LogP contribution in [0, 0.1) is 0 Å². The van der Waals surface area contributed by atoms with E-state index in [1.807, 2.05) is 0 Å². The van der Waals surface area contributed by atoms with Crippen molar-refractivity contribution in [1.29, 1.82) is 0 Å². The zero-order valence-corrected chi connectivity index (χ0v) is 9.44. The summed E-state index contributed by atoms with van der Waals surface area (Å²) < 4.78 is 21.7. The summed E-state index contributed by atoms with van der Waals surface area (Å²) in [5.74, 6) is 1.16. The average molecular weight is 218 g/mol. The smallest absolute Gasteiger partial charge is 0.149 e. The largest absolute Gasteiger partial charge is 0.373 e. The van der Waals surface area contributed by atoms with E-state index in [4.69, 9.17) is 0 Å². The molecule has 0 saturated carbocycles. The van der Waals surface area contributed by atoms with Crippen molar-refractivity contribution in [2.24, 2.45) is 4.99 Å². The van der Waals surface area contributed by atoms with Crippen molar-refractivity contribution >= 4 is 15.7 Å². The van der Waals surface area contributed by atoms with Gasteiger partial charge in [-0.25, -0.2) is 8.42 Å². The first-order chi connectivity index (χ1) is 6.58. The van der Waals surface area contributed by atoms with Crippen molar-refractivity contribution < 1.29 is 8.42 Å². The van der Waals surface area contributed by atoms with Crippen LogP contribution in [-0.4, -0.2) is 39.4 Å². The number of rotatable bonds is 3. The van der Waals surface area contributed by atoms with E-state index in [-0.39, 0.29) is 5.75 Å². The maximum absolute atomic E-state index is 10.9. The van der Waals surface area contributed by atoms with Crippen LogP contribution in [0.5, 0.6) is 0 Å². The van der Waals surface area contributed by atoms with Gasteiger partial charge in [-0.05, 0) is 12.8 Å². The van der Waals surface area contributed by atoms with E-state index in [9.17, 15) is 8.42 Å². The van der Waals surface area contributed by atoms with E-state index in [0.717, 1.165) is 31.6 Å². The molecule has 0 aromatic heterocycles. The lowest BCUT2D eigenvalue weighted by Gasteiger charge is -2.06. The Morgan fingerprint density at radius 1 is 1.36 bits per heavy atom. The Hall–Kier alpha value is -0.580. The van der Waals surface area contributed by atoms with Gasteiger partial charge in [0.25, 0.3) is 0 Å². The van der Waals surface area contributed by atoms with Gasteiger partial charge in [0.1, 0.15) is 9.84 Å². The van der Waals surface area contributed by atoms with Gasteiger partial charge in [0, 0.05) is 25.8 Å². The minimum atomic E-state index is -2.85. The van der Waals surface area contributed by atoms with Gasteiger partial charge in [-0.2, -0.15) is 0 Å². The third-order valence-corrected chi connectivity index (χ3v) is 3.12. The van der Waals surface area contributed by atoms with Crippen molar-refractivity contribution in [3.8, 4) is 0 Å². The fourth-order valence-corrected chi connectivity index (χ4v) is 1.87. The monoisotopic (exact) mass is 218 g/mol. The molecular weight excluding hydrogens is 200 g/mol. The molecule has 1 rings (SSSR count). The van der Waals surface area contributed by atoms with Crippen molar-refractivity contribution in [3.63, 3.8) is 0 Å². The van der Waals surface area contributed by atoms with Gasteiger partial charge in [0.05, 0.1) is 11.6 Å². The van der Waals surface area contributed by atoms with Gasteiger partial charge in [-0.3, -0.25) is 4.99 Å². The molecule has 0 amide bonds. The zero-order chi connectivity index (χ0) is 10.4. The lowest BCUT2D eigenvalue weighted by molar-refractivity contribution is 0.600. The predicted octanol–water partition coefficient (Wildman–Crippen LogP) is 0.593. The molecule has 82 valence electrons. The second-order valence-electron chi connectivity index (χ2n) is 3.70. The molecule has 0 fully saturated rings. The topological polar surface area (TPSA) is 58.5 Å². The molecule has 5 heteroatoms. The molecule has 0 aromatic rings. The van der Waals surface area contributed by atoms with E-state index in [2.05, 4.69) is 10.3 Å². The Labute approximate surface area is 85.7 Å². The fourth-order valence-electron chi connectivity index (χ4n) is 1.40. The highest BCUT2D eigenvalue weighted by atomic mass is 32.2. The Morgan fingerprint density at radius 3 is 2.86 bits per heavy atom. The van der Waals surface area contributed by atoms with E-state index in [0.29, 0.717) is 6.54 Å². The van der Waals surface area contributed by atoms with Crippen molar-refractivity contribution in [2.45, 2.75) is 25.7 Å². The molecule has 0 atom stereocenters. The number of hydrogen-bond donors (Lipinski definition) is 1. The van der Waals surface area contributed by atoms with Gasteiger partial charge in [0.2, 0.25) is 0 Å². The minimum Gasteiger partial charge on any atom is -0.373 e. The molecule has 0 aliphatic carbocycles. The molecular formula is C9H18N2O2S. The first-order valence-corrected chi connectivity index (χ1v) is 7.09. The van der Waals surface area contributed by atoms with Crippen LogP contribution in [0.25, 0.3) is 0 Å². The molecule has 14 heavy (non-hydrogen) atoms. The van der Waals surface area contributed by atoms with Crippen LogP contribution in [0.3, 0.4) is 0 Å². The predicted molar refractivity (Wildman–Crippen MR) is 58.5 cm³/mol. The summed E-state index contributed by atoms with van der Waals surface area (Å²) in [5, 5.41) is 3.09. The summed E-state index contributed by atoms with van der Waals surface area (Å²) in [6.07, 6.45) is 5.75. The molecule has 1 aliphatic heterocycles. The lowest BCUT2D eigenvalue weighted by atomic mass is 10.2. The summed E-state index contributed by atoms with van der Waals surface area (Å²) in [6.45, 7) is 1.36. The average Bonchev–Trinajstić information content (AvgIpc) is 2.30. The van der Waals surface area contributed by atoms with E-state index in [1.54, 1.807) is 0 Å². The van der Waals surface area contributed by atoms with Crippen molar-refractivity contribution in [3.05, 3.63) is 0 Å². The SMILES string of the molecule is CS(=O)(=O)CCNC1=NCCCCC1. The molecule has 0 unspecified atom stereocenters. The van der Waals surface area contributed by atoms with Gasteiger partial charge in [-0.15, -0.1) is 0 Å². The standard InChI is InChI=1S/C9H18N2O2S/c1-14(12,13)8-7-11-9-5-3-2-4-6-10-9/h2-8H2,1H3,(H,10,11). The third-order valence-electron chi connectivity index (χ3n) is 2.18. The molecule has 0 aromatic carbocycles. The summed E-state index contributed by atoms with van der Waals surface area (Å²) in [6, 6.07) is 0. The molecule has 0 saturated heterocycles. The van der Waals surface area contributed by atoms with Crippen LogP contribution in [0.4, 0.5) is 0 Å². The van der Waals surface area contributed by atoms with Gasteiger partial charge < -0.3 is 5.32 Å². The normalized spacial score (nSPS) is 18.5. The zero-order valence-electron chi connectivity index (χ0n) is 8.62. The molecule has 1 heterocycles. The highest BCUT2D eigenvalue weighted by Crippen LogP contribution is 2.05. The van der Waals surface area contributed by atoms with Crippen LogP contribution in [-0.2, 0) is 9.84 Å². The van der Waals surface area contributed by atoms with Crippen LogP contribution in [0.1, 0.15) is 25.7 Å². The Balaban J connectivity index is 2.26. The summed E-state index contributed by atoms with van der Waals surface area (Å²) in [5.41, 5.74) is 0. The second-order valence-corrected chi connectivity index (χ2v) is 5.96. The molecule has 1 aliphatic rings. The Kier molecular flexibility index (Phi) is 4.38. The van der Waals surface area contributed by atoms with Gasteiger partial charge in [-0.1, -0.05) is 6.42 Å². The number of hydrogen-bond acceptors (Lipinski definition) is 4. The van der Waals surface area contributed by atoms with Gasteiger partial charge in [0.15, 0.2) is 0 Å². The highest BCUT2D eigenvalue weighted by Gasteiger charge is 2.05. The number of aliphatic imine (C=N–C) groups is 1. The summed E-state index contributed by atoms with van der Waals surface area (Å²) in [4.78, 5) is 4.35. The Morgan fingerprint density at radius 2 is 2.14 bits per heavy atom.